The molecule has 1 aromatic rings. The highest BCUT2D eigenvalue weighted by atomic mass is 16.5. The Balaban J connectivity index is 2.52. The molecule has 0 saturated carbocycles. The van der Waals surface area contributed by atoms with Gasteiger partial charge in [0.1, 0.15) is 0 Å². The maximum absolute atomic E-state index is 5.55. The summed E-state index contributed by atoms with van der Waals surface area (Å²) in [5.74, 6) is 0.600. The number of nitrogens with one attached hydrogen (secondary N) is 1. The summed E-state index contributed by atoms with van der Waals surface area (Å²) in [6.45, 7) is 10.3. The molecule has 0 spiro atoms. The van der Waals surface area contributed by atoms with E-state index in [1.807, 2.05) is 7.05 Å². The van der Waals surface area contributed by atoms with Gasteiger partial charge in [0, 0.05) is 25.0 Å². The van der Waals surface area contributed by atoms with Crippen molar-refractivity contribution in [1.82, 2.24) is 9.88 Å². The zero-order chi connectivity index (χ0) is 12.8. The Morgan fingerprint density at radius 3 is 2.53 bits per heavy atom. The van der Waals surface area contributed by atoms with Gasteiger partial charge in [-0.05, 0) is 38.4 Å². The molecule has 0 bridgehead atoms. The van der Waals surface area contributed by atoms with E-state index in [0.29, 0.717) is 18.1 Å². The summed E-state index contributed by atoms with van der Waals surface area (Å²) in [7, 11) is 2.02. The molecular weight excluding hydrogens is 212 g/mol. The molecule has 0 saturated heterocycles. The molecule has 0 fully saturated rings. The normalized spacial score (nSPS) is 13.6. The van der Waals surface area contributed by atoms with Crippen LogP contribution in [0.4, 0.5) is 0 Å². The van der Waals surface area contributed by atoms with Crippen LogP contribution in [0.25, 0.3) is 0 Å². The van der Waals surface area contributed by atoms with Crippen LogP contribution in [0.2, 0.25) is 0 Å². The number of aromatic nitrogens is 1. The van der Waals surface area contributed by atoms with E-state index in [2.05, 4.69) is 56.0 Å². The first-order valence-corrected chi connectivity index (χ1v) is 6.49. The lowest BCUT2D eigenvalue weighted by Gasteiger charge is -2.18. The monoisotopic (exact) mass is 238 g/mol. The first-order chi connectivity index (χ1) is 8.04. The van der Waals surface area contributed by atoms with Crippen LogP contribution in [0.1, 0.15) is 39.3 Å². The van der Waals surface area contributed by atoms with Crippen LogP contribution in [0, 0.1) is 5.92 Å². The van der Waals surface area contributed by atoms with Crippen LogP contribution >= 0.6 is 0 Å². The molecular formula is C14H26N2O. The summed E-state index contributed by atoms with van der Waals surface area (Å²) in [6.07, 6.45) is 4.65. The molecule has 0 aliphatic heterocycles. The van der Waals surface area contributed by atoms with Crippen molar-refractivity contribution in [3.8, 4) is 0 Å². The zero-order valence-corrected chi connectivity index (χ0v) is 11.7. The number of ether oxygens (including phenoxy) is 1. The summed E-state index contributed by atoms with van der Waals surface area (Å²) in [4.78, 5) is 0. The quantitative estimate of drug-likeness (QED) is 0.790. The molecule has 0 amide bonds. The minimum Gasteiger partial charge on any atom is -0.377 e. The molecule has 1 heterocycles. The topological polar surface area (TPSA) is 26.2 Å². The predicted octanol–water partition coefficient (Wildman–Crippen LogP) is 2.83. The Morgan fingerprint density at radius 2 is 2.00 bits per heavy atom. The van der Waals surface area contributed by atoms with Crippen LogP contribution in [0.5, 0.6) is 0 Å². The molecule has 1 atom stereocenters. The van der Waals surface area contributed by atoms with Crippen molar-refractivity contribution in [2.75, 3.05) is 13.7 Å². The molecule has 1 unspecified atom stereocenters. The van der Waals surface area contributed by atoms with Crippen LogP contribution in [0.3, 0.4) is 0 Å². The predicted molar refractivity (Wildman–Crippen MR) is 72.2 cm³/mol. The fraction of sp³-hybridized carbons (Fsp3) is 0.714. The second-order valence-electron chi connectivity index (χ2n) is 5.11. The van der Waals surface area contributed by atoms with Crippen molar-refractivity contribution < 1.29 is 4.74 Å². The Morgan fingerprint density at radius 1 is 1.29 bits per heavy atom. The highest BCUT2D eigenvalue weighted by Crippen LogP contribution is 2.21. The minimum absolute atomic E-state index is 0.311. The maximum atomic E-state index is 5.55. The van der Waals surface area contributed by atoms with Gasteiger partial charge in [-0.1, -0.05) is 13.8 Å². The van der Waals surface area contributed by atoms with Crippen molar-refractivity contribution in [1.29, 1.82) is 0 Å². The van der Waals surface area contributed by atoms with Gasteiger partial charge in [0.2, 0.25) is 0 Å². The van der Waals surface area contributed by atoms with Gasteiger partial charge in [0.15, 0.2) is 0 Å². The third-order valence-electron chi connectivity index (χ3n) is 2.91. The molecule has 0 aliphatic carbocycles. The first-order valence-electron chi connectivity index (χ1n) is 6.49. The second kappa shape index (κ2) is 6.82. The highest BCUT2D eigenvalue weighted by molar-refractivity contribution is 5.16. The van der Waals surface area contributed by atoms with E-state index >= 15 is 0 Å². The average molecular weight is 238 g/mol. The molecule has 98 valence electrons. The summed E-state index contributed by atoms with van der Waals surface area (Å²) in [5, 5.41) is 3.36. The third-order valence-corrected chi connectivity index (χ3v) is 2.91. The SMILES string of the molecule is CNC(c1ccn(CCOC(C)C)c1)C(C)C. The lowest BCUT2D eigenvalue weighted by molar-refractivity contribution is 0.0728. The third kappa shape index (κ3) is 4.52. The Bertz CT molecular complexity index is 318. The highest BCUT2D eigenvalue weighted by Gasteiger charge is 2.14. The molecule has 3 nitrogen and oxygen atoms in total. The average Bonchev–Trinajstić information content (AvgIpc) is 2.66. The van der Waals surface area contributed by atoms with E-state index in [1.165, 1.54) is 5.56 Å². The van der Waals surface area contributed by atoms with Crippen LogP contribution in [-0.4, -0.2) is 24.3 Å². The van der Waals surface area contributed by atoms with E-state index in [1.54, 1.807) is 0 Å². The molecule has 17 heavy (non-hydrogen) atoms. The number of hydrogen-bond donors (Lipinski definition) is 1. The number of rotatable bonds is 7. The smallest absolute Gasteiger partial charge is 0.0648 e. The zero-order valence-electron chi connectivity index (χ0n) is 11.7. The summed E-state index contributed by atoms with van der Waals surface area (Å²) < 4.78 is 7.75. The van der Waals surface area contributed by atoms with Gasteiger partial charge in [-0.15, -0.1) is 0 Å². The fourth-order valence-corrected chi connectivity index (χ4v) is 2.06. The summed E-state index contributed by atoms with van der Waals surface area (Å²) in [6, 6.07) is 2.62. The minimum atomic E-state index is 0.311. The molecule has 0 aromatic carbocycles. The van der Waals surface area contributed by atoms with Crippen molar-refractivity contribution in [3.63, 3.8) is 0 Å². The van der Waals surface area contributed by atoms with Crippen LogP contribution in [0.15, 0.2) is 18.5 Å². The van der Waals surface area contributed by atoms with E-state index in [9.17, 15) is 0 Å². The van der Waals surface area contributed by atoms with Crippen LogP contribution < -0.4 is 5.32 Å². The lowest BCUT2D eigenvalue weighted by Crippen LogP contribution is -2.21. The maximum Gasteiger partial charge on any atom is 0.0648 e. The molecule has 1 rings (SSSR count). The molecule has 3 heteroatoms. The summed E-state index contributed by atoms with van der Waals surface area (Å²) in [5.41, 5.74) is 1.35. The van der Waals surface area contributed by atoms with Gasteiger partial charge in [0.05, 0.1) is 12.7 Å². The van der Waals surface area contributed by atoms with Crippen molar-refractivity contribution >= 4 is 0 Å². The molecule has 1 N–H and O–H groups in total. The van der Waals surface area contributed by atoms with Gasteiger partial charge in [0.25, 0.3) is 0 Å². The second-order valence-corrected chi connectivity index (χ2v) is 5.11. The van der Waals surface area contributed by atoms with Gasteiger partial charge >= 0.3 is 0 Å². The largest absolute Gasteiger partial charge is 0.377 e. The van der Waals surface area contributed by atoms with E-state index in [4.69, 9.17) is 4.74 Å². The number of hydrogen-bond acceptors (Lipinski definition) is 2. The standard InChI is InChI=1S/C14H26N2O/c1-11(2)14(15-5)13-6-7-16(10-13)8-9-17-12(3)4/h6-7,10-12,14-15H,8-9H2,1-5H3. The Kier molecular flexibility index (Phi) is 5.72. The Hall–Kier alpha value is -0.800. The van der Waals surface area contributed by atoms with Gasteiger partial charge in [-0.2, -0.15) is 0 Å². The molecule has 0 radical (unpaired) electrons. The van der Waals surface area contributed by atoms with Crippen LogP contribution in [-0.2, 0) is 11.3 Å². The Labute approximate surface area is 105 Å². The van der Waals surface area contributed by atoms with Gasteiger partial charge in [-0.3, -0.25) is 0 Å². The van der Waals surface area contributed by atoms with Gasteiger partial charge in [-0.25, -0.2) is 0 Å². The van der Waals surface area contributed by atoms with E-state index in [-0.39, 0.29) is 0 Å². The van der Waals surface area contributed by atoms with E-state index < -0.39 is 0 Å². The molecule has 1 aromatic heterocycles. The lowest BCUT2D eigenvalue weighted by atomic mass is 9.99. The van der Waals surface area contributed by atoms with Crippen molar-refractivity contribution in [2.45, 2.75) is 46.4 Å². The molecule has 0 aliphatic rings. The first kappa shape index (κ1) is 14.3. The van der Waals surface area contributed by atoms with Crippen molar-refractivity contribution in [2.24, 2.45) is 5.92 Å². The number of nitrogens with zero attached hydrogens (tertiary/aromatic N) is 1. The fourth-order valence-electron chi connectivity index (χ4n) is 2.06. The summed E-state index contributed by atoms with van der Waals surface area (Å²) >= 11 is 0. The van der Waals surface area contributed by atoms with E-state index in [0.717, 1.165) is 13.2 Å². The van der Waals surface area contributed by atoms with Gasteiger partial charge < -0.3 is 14.6 Å². The van der Waals surface area contributed by atoms with Crippen molar-refractivity contribution in [3.05, 3.63) is 24.0 Å².